The fraction of sp³-hybridized carbons (Fsp3) is 0.231. The van der Waals surface area contributed by atoms with Crippen LogP contribution in [-0.4, -0.2) is 46.2 Å². The lowest BCUT2D eigenvalue weighted by atomic mass is 10.0. The summed E-state index contributed by atoms with van der Waals surface area (Å²) in [6, 6.07) is 8.94. The molecular weight excluding hydrogens is 475 g/mol. The molecule has 2 aromatic heterocycles. The summed E-state index contributed by atoms with van der Waals surface area (Å²) in [5.74, 6) is -3.11. The SMILES string of the molecule is O=C(c1ccc(Oc2c(F)cccc2F)cc1)c1c[nH]c2ncc(F)c(N[C@@H]3CC[C@@H](CO)OC3)c12. The van der Waals surface area contributed by atoms with Crippen LogP contribution in [0.15, 0.2) is 54.9 Å². The van der Waals surface area contributed by atoms with Crippen molar-refractivity contribution in [1.29, 1.82) is 0 Å². The van der Waals surface area contributed by atoms with Crippen LogP contribution in [0.25, 0.3) is 11.0 Å². The molecule has 2 atom stereocenters. The van der Waals surface area contributed by atoms with E-state index in [4.69, 9.17) is 9.47 Å². The first-order valence-electron chi connectivity index (χ1n) is 11.4. The molecule has 4 aromatic rings. The predicted molar refractivity (Wildman–Crippen MR) is 126 cm³/mol. The van der Waals surface area contributed by atoms with Gasteiger partial charge < -0.3 is 24.9 Å². The largest absolute Gasteiger partial charge is 0.451 e. The molecule has 1 aliphatic heterocycles. The third-order valence-corrected chi connectivity index (χ3v) is 6.08. The van der Waals surface area contributed by atoms with Gasteiger partial charge in [0.1, 0.15) is 11.4 Å². The molecule has 1 aliphatic rings. The van der Waals surface area contributed by atoms with Crippen LogP contribution in [0.3, 0.4) is 0 Å². The van der Waals surface area contributed by atoms with Crippen molar-refractivity contribution in [2.24, 2.45) is 0 Å². The van der Waals surface area contributed by atoms with E-state index in [0.717, 1.165) is 18.3 Å². The zero-order chi connectivity index (χ0) is 25.2. The van der Waals surface area contributed by atoms with Gasteiger partial charge in [-0.2, -0.15) is 0 Å². The van der Waals surface area contributed by atoms with Crippen LogP contribution in [0.2, 0.25) is 0 Å². The number of hydrogen-bond acceptors (Lipinski definition) is 6. The number of aromatic nitrogens is 2. The van der Waals surface area contributed by atoms with Gasteiger partial charge in [0.15, 0.2) is 29.0 Å². The van der Waals surface area contributed by atoms with Crippen molar-refractivity contribution >= 4 is 22.5 Å². The van der Waals surface area contributed by atoms with Gasteiger partial charge in [-0.3, -0.25) is 4.79 Å². The minimum atomic E-state index is -0.848. The van der Waals surface area contributed by atoms with Crippen LogP contribution in [0.5, 0.6) is 11.5 Å². The molecule has 0 amide bonds. The smallest absolute Gasteiger partial charge is 0.198 e. The molecule has 1 fully saturated rings. The topological polar surface area (TPSA) is 96.5 Å². The summed E-state index contributed by atoms with van der Waals surface area (Å²) in [5.41, 5.74) is 0.940. The number of para-hydroxylation sites is 1. The first kappa shape index (κ1) is 23.8. The van der Waals surface area contributed by atoms with Crippen molar-refractivity contribution in [3.05, 3.63) is 83.4 Å². The second-order valence-corrected chi connectivity index (χ2v) is 8.47. The maximum Gasteiger partial charge on any atom is 0.198 e. The van der Waals surface area contributed by atoms with Crippen LogP contribution in [0, 0.1) is 17.5 Å². The quantitative estimate of drug-likeness (QED) is 0.313. The highest BCUT2D eigenvalue weighted by Crippen LogP contribution is 2.32. The second-order valence-electron chi connectivity index (χ2n) is 8.47. The van der Waals surface area contributed by atoms with E-state index in [9.17, 15) is 23.1 Å². The minimum absolute atomic E-state index is 0.0733. The van der Waals surface area contributed by atoms with Gasteiger partial charge in [0.2, 0.25) is 0 Å². The standard InChI is InChI=1S/C26H22F3N3O4/c27-19-2-1-3-20(28)25(19)36-16-7-4-14(5-8-16)24(34)18-10-30-26-22(18)23(21(29)11-31-26)32-15-6-9-17(12-33)35-13-15/h1-5,7-8,10-11,15,17,33H,6,9,12-13H2,(H2,30,31,32)/t15-,17+/m1/s1. The monoisotopic (exact) mass is 497 g/mol. The van der Waals surface area contributed by atoms with E-state index >= 15 is 0 Å². The molecule has 10 heteroatoms. The number of fused-ring (bicyclic) bond motifs is 1. The molecule has 0 spiro atoms. The first-order chi connectivity index (χ1) is 17.4. The Labute approximate surface area is 203 Å². The van der Waals surface area contributed by atoms with Gasteiger partial charge in [0, 0.05) is 17.8 Å². The third-order valence-electron chi connectivity index (χ3n) is 6.08. The molecule has 3 N–H and O–H groups in total. The zero-order valence-corrected chi connectivity index (χ0v) is 18.9. The average Bonchev–Trinajstić information content (AvgIpc) is 3.33. The predicted octanol–water partition coefficient (Wildman–Crippen LogP) is 4.96. The Kier molecular flexibility index (Phi) is 6.62. The maximum absolute atomic E-state index is 14.9. The number of hydrogen-bond donors (Lipinski definition) is 3. The number of carbonyl (C=O) groups is 1. The van der Waals surface area contributed by atoms with Gasteiger partial charge in [0.25, 0.3) is 0 Å². The number of nitrogens with one attached hydrogen (secondary N) is 2. The number of nitrogens with zero attached hydrogens (tertiary/aromatic N) is 1. The first-order valence-corrected chi connectivity index (χ1v) is 11.4. The summed E-state index contributed by atoms with van der Waals surface area (Å²) in [6.07, 6.45) is 3.57. The molecule has 3 heterocycles. The van der Waals surface area contributed by atoms with Crippen LogP contribution in [0.4, 0.5) is 18.9 Å². The molecular formula is C26H22F3N3O4. The van der Waals surface area contributed by atoms with Crippen LogP contribution < -0.4 is 10.1 Å². The highest BCUT2D eigenvalue weighted by Gasteiger charge is 2.25. The van der Waals surface area contributed by atoms with Gasteiger partial charge >= 0.3 is 0 Å². The fourth-order valence-corrected chi connectivity index (χ4v) is 4.19. The van der Waals surface area contributed by atoms with E-state index < -0.39 is 29.0 Å². The van der Waals surface area contributed by atoms with E-state index in [0.29, 0.717) is 23.9 Å². The lowest BCUT2D eigenvalue weighted by molar-refractivity contribution is -0.0223. The van der Waals surface area contributed by atoms with Crippen molar-refractivity contribution in [3.8, 4) is 11.5 Å². The average molecular weight is 497 g/mol. The van der Waals surface area contributed by atoms with Crippen LogP contribution in [0.1, 0.15) is 28.8 Å². The number of carbonyl (C=O) groups excluding carboxylic acids is 1. The van der Waals surface area contributed by atoms with Crippen molar-refractivity contribution in [2.45, 2.75) is 25.0 Å². The molecule has 5 rings (SSSR count). The summed E-state index contributed by atoms with van der Waals surface area (Å²) in [4.78, 5) is 20.3. The second kappa shape index (κ2) is 10.00. The molecule has 36 heavy (non-hydrogen) atoms. The van der Waals surface area contributed by atoms with Gasteiger partial charge in [0.05, 0.1) is 42.2 Å². The molecule has 1 saturated heterocycles. The molecule has 0 unspecified atom stereocenters. The number of aromatic amines is 1. The van der Waals surface area contributed by atoms with E-state index in [-0.39, 0.29) is 47.9 Å². The van der Waals surface area contributed by atoms with E-state index in [1.54, 1.807) is 0 Å². The molecule has 0 radical (unpaired) electrons. The lowest BCUT2D eigenvalue weighted by Gasteiger charge is -2.29. The van der Waals surface area contributed by atoms with Crippen LogP contribution >= 0.6 is 0 Å². The van der Waals surface area contributed by atoms with Crippen LogP contribution in [-0.2, 0) is 4.74 Å². The summed E-state index contributed by atoms with van der Waals surface area (Å²) < 4.78 is 53.5. The number of ketones is 1. The highest BCUT2D eigenvalue weighted by atomic mass is 19.1. The number of ether oxygens (including phenoxy) is 2. The van der Waals surface area contributed by atoms with Crippen molar-refractivity contribution < 1.29 is 32.5 Å². The number of aliphatic hydroxyl groups is 1. The van der Waals surface area contributed by atoms with Crippen molar-refractivity contribution in [1.82, 2.24) is 9.97 Å². The summed E-state index contributed by atoms with van der Waals surface area (Å²) >= 11 is 0. The number of benzene rings is 2. The van der Waals surface area contributed by atoms with E-state index in [1.807, 2.05) is 0 Å². The van der Waals surface area contributed by atoms with Gasteiger partial charge in [-0.05, 0) is 49.2 Å². The minimum Gasteiger partial charge on any atom is -0.451 e. The van der Waals surface area contributed by atoms with Crippen molar-refractivity contribution in [3.63, 3.8) is 0 Å². The number of pyridine rings is 1. The fourth-order valence-electron chi connectivity index (χ4n) is 4.19. The number of aliphatic hydroxyl groups excluding tert-OH is 1. The Hall–Kier alpha value is -3.89. The molecule has 0 saturated carbocycles. The van der Waals surface area contributed by atoms with Gasteiger partial charge in [-0.1, -0.05) is 6.07 Å². The van der Waals surface area contributed by atoms with E-state index in [1.165, 1.54) is 36.5 Å². The van der Waals surface area contributed by atoms with E-state index in [2.05, 4.69) is 15.3 Å². The summed E-state index contributed by atoms with van der Waals surface area (Å²) in [5, 5.41) is 12.7. The van der Waals surface area contributed by atoms with Gasteiger partial charge in [-0.25, -0.2) is 18.2 Å². The number of rotatable bonds is 7. The molecule has 186 valence electrons. The number of anilines is 1. The Morgan fingerprint density at radius 2 is 1.86 bits per heavy atom. The van der Waals surface area contributed by atoms with Crippen molar-refractivity contribution in [2.75, 3.05) is 18.5 Å². The number of halogens is 3. The zero-order valence-electron chi connectivity index (χ0n) is 18.9. The molecule has 7 nitrogen and oxygen atoms in total. The normalized spacial score (nSPS) is 17.8. The summed E-state index contributed by atoms with van der Waals surface area (Å²) in [6.45, 7) is 0.211. The maximum atomic E-state index is 14.9. The molecule has 0 bridgehead atoms. The Bertz CT molecular complexity index is 1380. The third kappa shape index (κ3) is 4.65. The van der Waals surface area contributed by atoms with Gasteiger partial charge in [-0.15, -0.1) is 0 Å². The summed E-state index contributed by atoms with van der Waals surface area (Å²) in [7, 11) is 0. The number of H-pyrrole nitrogens is 1. The Morgan fingerprint density at radius 1 is 1.11 bits per heavy atom. The Balaban J connectivity index is 1.40. The molecule has 2 aromatic carbocycles. The highest BCUT2D eigenvalue weighted by molar-refractivity contribution is 6.18. The molecule has 0 aliphatic carbocycles. The lowest BCUT2D eigenvalue weighted by Crippen LogP contribution is -2.36. The Morgan fingerprint density at radius 3 is 2.53 bits per heavy atom.